The van der Waals surface area contributed by atoms with Gasteiger partial charge in [-0.25, -0.2) is 14.2 Å². The van der Waals surface area contributed by atoms with Crippen molar-refractivity contribution in [3.05, 3.63) is 35.8 Å². The van der Waals surface area contributed by atoms with Gasteiger partial charge in [0.2, 0.25) is 5.88 Å². The Morgan fingerprint density at radius 3 is 2.85 bits per heavy atom. The molecule has 0 spiro atoms. The second-order valence-electron chi connectivity index (χ2n) is 7.24. The fourth-order valence-electron chi connectivity index (χ4n) is 2.81. The molecule has 136 valence electrons. The van der Waals surface area contributed by atoms with Gasteiger partial charge in [-0.2, -0.15) is 5.26 Å². The highest BCUT2D eigenvalue weighted by molar-refractivity contribution is 5.87. The van der Waals surface area contributed by atoms with E-state index in [4.69, 9.17) is 14.7 Å². The van der Waals surface area contributed by atoms with Crippen molar-refractivity contribution in [3.63, 3.8) is 0 Å². The second-order valence-corrected chi connectivity index (χ2v) is 7.24. The van der Waals surface area contributed by atoms with Gasteiger partial charge < -0.3 is 14.4 Å². The van der Waals surface area contributed by atoms with E-state index in [0.29, 0.717) is 30.3 Å². The molecular formula is C19H20FN3O3. The zero-order valence-corrected chi connectivity index (χ0v) is 15.0. The summed E-state index contributed by atoms with van der Waals surface area (Å²) < 4.78 is 24.9. The topological polar surface area (TPSA) is 75.4 Å². The molecule has 1 fully saturated rings. The van der Waals surface area contributed by atoms with Crippen LogP contribution in [-0.4, -0.2) is 40.8 Å². The molecule has 0 aliphatic carbocycles. The average molecular weight is 357 g/mol. The van der Waals surface area contributed by atoms with E-state index in [9.17, 15) is 9.18 Å². The number of ether oxygens (including phenoxy) is 2. The molecule has 2 aromatic rings. The SMILES string of the molecule is CC(C)(C)OC(=O)N1CCC(Oc2nc(C#N)cc3ccc(F)cc23)C1. The summed E-state index contributed by atoms with van der Waals surface area (Å²) in [6, 6.07) is 7.81. The van der Waals surface area contributed by atoms with Gasteiger partial charge in [0.15, 0.2) is 0 Å². The number of carbonyl (C=O) groups excluding carboxylic acids is 1. The predicted molar refractivity (Wildman–Crippen MR) is 93.3 cm³/mol. The third-order valence-electron chi connectivity index (χ3n) is 3.95. The minimum atomic E-state index is -0.563. The van der Waals surface area contributed by atoms with Gasteiger partial charge in [-0.15, -0.1) is 0 Å². The number of fused-ring (bicyclic) bond motifs is 1. The van der Waals surface area contributed by atoms with E-state index < -0.39 is 17.5 Å². The van der Waals surface area contributed by atoms with Crippen LogP contribution >= 0.6 is 0 Å². The van der Waals surface area contributed by atoms with Gasteiger partial charge in [0.05, 0.1) is 6.54 Å². The van der Waals surface area contributed by atoms with Crippen molar-refractivity contribution in [2.24, 2.45) is 0 Å². The lowest BCUT2D eigenvalue weighted by Crippen LogP contribution is -2.36. The summed E-state index contributed by atoms with van der Waals surface area (Å²) in [5, 5.41) is 10.3. The van der Waals surface area contributed by atoms with Crippen LogP contribution in [0.2, 0.25) is 0 Å². The number of hydrogen-bond acceptors (Lipinski definition) is 5. The van der Waals surface area contributed by atoms with Gasteiger partial charge in [-0.3, -0.25) is 0 Å². The number of nitriles is 1. The highest BCUT2D eigenvalue weighted by Crippen LogP contribution is 2.28. The van der Waals surface area contributed by atoms with E-state index in [0.717, 1.165) is 0 Å². The van der Waals surface area contributed by atoms with E-state index in [-0.39, 0.29) is 17.7 Å². The van der Waals surface area contributed by atoms with Gasteiger partial charge in [-0.05, 0) is 44.4 Å². The number of pyridine rings is 1. The molecule has 0 N–H and O–H groups in total. The zero-order valence-electron chi connectivity index (χ0n) is 15.0. The van der Waals surface area contributed by atoms with E-state index in [1.54, 1.807) is 17.0 Å². The molecule has 1 aromatic carbocycles. The van der Waals surface area contributed by atoms with Gasteiger partial charge >= 0.3 is 6.09 Å². The van der Waals surface area contributed by atoms with E-state index in [1.165, 1.54) is 12.1 Å². The number of carbonyl (C=O) groups is 1. The highest BCUT2D eigenvalue weighted by atomic mass is 19.1. The van der Waals surface area contributed by atoms with Crippen LogP contribution in [0.4, 0.5) is 9.18 Å². The number of hydrogen-bond donors (Lipinski definition) is 0. The quantitative estimate of drug-likeness (QED) is 0.820. The van der Waals surface area contributed by atoms with Crippen molar-refractivity contribution in [3.8, 4) is 11.9 Å². The van der Waals surface area contributed by atoms with Crippen molar-refractivity contribution in [2.75, 3.05) is 13.1 Å². The van der Waals surface area contributed by atoms with Crippen LogP contribution in [0.15, 0.2) is 24.3 Å². The molecule has 1 amide bonds. The maximum Gasteiger partial charge on any atom is 0.410 e. The molecule has 6 nitrogen and oxygen atoms in total. The maximum absolute atomic E-state index is 13.6. The first-order chi connectivity index (χ1) is 12.2. The molecule has 0 radical (unpaired) electrons. The van der Waals surface area contributed by atoms with E-state index in [1.807, 2.05) is 26.8 Å². The lowest BCUT2D eigenvalue weighted by atomic mass is 10.1. The molecule has 7 heteroatoms. The Kier molecular flexibility index (Phi) is 4.68. The Morgan fingerprint density at radius 2 is 2.15 bits per heavy atom. The maximum atomic E-state index is 13.6. The van der Waals surface area contributed by atoms with Gasteiger partial charge in [0.25, 0.3) is 0 Å². The van der Waals surface area contributed by atoms with Crippen LogP contribution in [0.25, 0.3) is 10.8 Å². The molecular weight excluding hydrogens is 337 g/mol. The molecule has 0 bridgehead atoms. The number of likely N-dealkylation sites (tertiary alicyclic amines) is 1. The summed E-state index contributed by atoms with van der Waals surface area (Å²) in [5.74, 6) is -0.203. The summed E-state index contributed by atoms with van der Waals surface area (Å²) in [6.45, 7) is 6.29. The van der Waals surface area contributed by atoms with E-state index in [2.05, 4.69) is 4.98 Å². The minimum absolute atomic E-state index is 0.195. The molecule has 1 aliphatic rings. The smallest absolute Gasteiger partial charge is 0.410 e. The summed E-state index contributed by atoms with van der Waals surface area (Å²) in [6.07, 6.45) is -0.0808. The fraction of sp³-hybridized carbons (Fsp3) is 0.421. The van der Waals surface area contributed by atoms with Crippen molar-refractivity contribution in [1.82, 2.24) is 9.88 Å². The first kappa shape index (κ1) is 17.9. The number of aromatic nitrogens is 1. The second kappa shape index (κ2) is 6.79. The first-order valence-corrected chi connectivity index (χ1v) is 8.40. The van der Waals surface area contributed by atoms with Gasteiger partial charge in [-0.1, -0.05) is 6.07 Å². The molecule has 2 heterocycles. The standard InChI is InChI=1S/C19H20FN3O3/c1-19(2,3)26-18(24)23-7-6-15(11-23)25-17-16-9-13(20)5-4-12(16)8-14(10-21)22-17/h4-5,8-9,15H,6-7,11H2,1-3H3. The minimum Gasteiger partial charge on any atom is -0.472 e. The predicted octanol–water partition coefficient (Wildman–Crippen LogP) is 3.63. The molecule has 26 heavy (non-hydrogen) atoms. The van der Waals surface area contributed by atoms with Crippen molar-refractivity contribution in [2.45, 2.75) is 38.9 Å². The summed E-state index contributed by atoms with van der Waals surface area (Å²) in [4.78, 5) is 17.9. The van der Waals surface area contributed by atoms with Crippen LogP contribution in [0.3, 0.4) is 0 Å². The molecule has 3 rings (SSSR count). The van der Waals surface area contributed by atoms with Crippen LogP contribution in [0, 0.1) is 17.1 Å². The normalized spacial score (nSPS) is 17.2. The third kappa shape index (κ3) is 4.02. The monoisotopic (exact) mass is 357 g/mol. The van der Waals surface area contributed by atoms with Crippen LogP contribution < -0.4 is 4.74 Å². The Morgan fingerprint density at radius 1 is 1.38 bits per heavy atom. The number of benzene rings is 1. The lowest BCUT2D eigenvalue weighted by Gasteiger charge is -2.24. The highest BCUT2D eigenvalue weighted by Gasteiger charge is 2.31. The van der Waals surface area contributed by atoms with Crippen molar-refractivity contribution >= 4 is 16.9 Å². The lowest BCUT2D eigenvalue weighted by molar-refractivity contribution is 0.0275. The molecule has 1 saturated heterocycles. The summed E-state index contributed by atoms with van der Waals surface area (Å²) in [7, 11) is 0. The van der Waals surface area contributed by atoms with Crippen molar-refractivity contribution in [1.29, 1.82) is 5.26 Å². The van der Waals surface area contributed by atoms with Crippen LogP contribution in [0.5, 0.6) is 5.88 Å². The fourth-order valence-corrected chi connectivity index (χ4v) is 2.81. The number of nitrogens with zero attached hydrogens (tertiary/aromatic N) is 3. The van der Waals surface area contributed by atoms with Crippen molar-refractivity contribution < 1.29 is 18.7 Å². The largest absolute Gasteiger partial charge is 0.472 e. The number of amides is 1. The molecule has 1 aliphatic heterocycles. The van der Waals surface area contributed by atoms with Crippen LogP contribution in [-0.2, 0) is 4.74 Å². The average Bonchev–Trinajstić information content (AvgIpc) is 3.02. The molecule has 0 saturated carbocycles. The molecule has 1 atom stereocenters. The zero-order chi connectivity index (χ0) is 18.9. The Balaban J connectivity index is 1.79. The third-order valence-corrected chi connectivity index (χ3v) is 3.95. The van der Waals surface area contributed by atoms with Gasteiger partial charge in [0.1, 0.15) is 29.3 Å². The number of rotatable bonds is 2. The first-order valence-electron chi connectivity index (χ1n) is 8.40. The number of halogens is 1. The molecule has 1 unspecified atom stereocenters. The van der Waals surface area contributed by atoms with E-state index >= 15 is 0 Å². The van der Waals surface area contributed by atoms with Crippen LogP contribution in [0.1, 0.15) is 32.9 Å². The Bertz CT molecular complexity index is 886. The molecule has 1 aromatic heterocycles. The summed E-state index contributed by atoms with van der Waals surface area (Å²) >= 11 is 0. The summed E-state index contributed by atoms with van der Waals surface area (Å²) in [5.41, 5.74) is -0.368. The van der Waals surface area contributed by atoms with Gasteiger partial charge in [0, 0.05) is 18.4 Å². The Labute approximate surface area is 151 Å². The Hall–Kier alpha value is -2.88.